The lowest BCUT2D eigenvalue weighted by Crippen LogP contribution is -2.19. The maximum Gasteiger partial charge on any atom is 0.343 e. The molecule has 0 saturated heterocycles. The van der Waals surface area contributed by atoms with Crippen molar-refractivity contribution >= 4 is 52.4 Å². The molecule has 0 fully saturated rings. The summed E-state index contributed by atoms with van der Waals surface area (Å²) in [6.07, 6.45) is 2.18. The molecule has 0 heterocycles. The first-order valence-electron chi connectivity index (χ1n) is 25.5. The molecule has 0 N–H and O–H groups in total. The number of hydrogen-bond donors (Lipinski definition) is 0. The van der Waals surface area contributed by atoms with Gasteiger partial charge in [0.1, 0.15) is 28.8 Å². The van der Waals surface area contributed by atoms with Gasteiger partial charge in [0.2, 0.25) is 0 Å². The number of carbonyl (C=O) groups is 4. The van der Waals surface area contributed by atoms with Crippen LogP contribution in [0.2, 0.25) is 0 Å². The van der Waals surface area contributed by atoms with Crippen LogP contribution in [-0.4, -0.2) is 30.8 Å². The molecule has 9 aromatic carbocycles. The Kier molecular flexibility index (Phi) is 19.3. The number of benzene rings is 9. The van der Waals surface area contributed by atoms with Crippen molar-refractivity contribution < 1.29 is 38.1 Å². The molecule has 0 aliphatic rings. The van der Waals surface area contributed by atoms with Crippen LogP contribution in [0.1, 0.15) is 94.3 Å². The van der Waals surface area contributed by atoms with E-state index in [-0.39, 0.29) is 29.1 Å². The van der Waals surface area contributed by atoms with Crippen LogP contribution in [0.4, 0.5) is 17.1 Å². The first kappa shape index (κ1) is 56.1. The highest BCUT2D eigenvalue weighted by Gasteiger charge is 2.24. The molecule has 9 nitrogen and oxygen atoms in total. The Morgan fingerprint density at radius 3 is 1.09 bits per heavy atom. The van der Waals surface area contributed by atoms with Crippen molar-refractivity contribution in [2.45, 2.75) is 53.9 Å². The summed E-state index contributed by atoms with van der Waals surface area (Å²) >= 11 is 0. The number of carbonyl (C=O) groups excluding carboxylic acids is 4. The van der Waals surface area contributed by atoms with E-state index in [1.54, 1.807) is 67.8 Å². The molecule has 9 rings (SSSR count). The number of esters is 3. The van der Waals surface area contributed by atoms with Gasteiger partial charge in [0.25, 0.3) is 0 Å². The predicted molar refractivity (Wildman–Crippen MR) is 312 cm³/mol. The Morgan fingerprint density at radius 2 is 0.731 bits per heavy atom. The van der Waals surface area contributed by atoms with Crippen molar-refractivity contribution in [1.29, 1.82) is 0 Å². The molecule has 0 atom stereocenters. The van der Waals surface area contributed by atoms with E-state index in [1.165, 1.54) is 31.9 Å². The fraction of sp³-hybridized carbons (Fsp3) is 0.130. The molecule has 9 aromatic rings. The molecule has 0 amide bonds. The summed E-state index contributed by atoms with van der Waals surface area (Å²) < 4.78 is 21.6. The summed E-state index contributed by atoms with van der Waals surface area (Å²) in [5, 5.41) is 0. The van der Waals surface area contributed by atoms with Crippen molar-refractivity contribution in [2.24, 2.45) is 0 Å². The molecule has 0 radical (unpaired) electrons. The smallest absolute Gasteiger partial charge is 0.343 e. The number of rotatable bonds is 14. The minimum atomic E-state index is -0.385. The predicted octanol–water partition coefficient (Wildman–Crippen LogP) is 16.3. The van der Waals surface area contributed by atoms with Gasteiger partial charge in [-0.05, 0) is 176 Å². The van der Waals surface area contributed by atoms with Crippen LogP contribution in [0.25, 0.3) is 11.6 Å². The monoisotopic (exact) mass is 1030 g/mol. The van der Waals surface area contributed by atoms with Crippen molar-refractivity contribution in [3.05, 3.63) is 281 Å². The molecule has 0 aromatic heterocycles. The number of ketones is 1. The lowest BCUT2D eigenvalue weighted by atomic mass is 9.78. The number of methoxy groups -OCH3 is 1. The van der Waals surface area contributed by atoms with E-state index in [2.05, 4.69) is 124 Å². The molecule has 0 spiro atoms. The summed E-state index contributed by atoms with van der Waals surface area (Å²) in [6.45, 7) is 12.9. The number of Topliss-reactive ketones (excluding diaryl/α,β-unsaturated/α-hetero) is 1. The van der Waals surface area contributed by atoms with Gasteiger partial charge in [-0.15, -0.1) is 0 Å². The normalized spacial score (nSPS) is 10.8. The van der Waals surface area contributed by atoms with E-state index in [1.807, 2.05) is 84.9 Å². The van der Waals surface area contributed by atoms with Crippen LogP contribution in [0.5, 0.6) is 23.0 Å². The highest BCUT2D eigenvalue weighted by molar-refractivity contribution is 5.93. The molecular weight excluding hydrogens is 971 g/mol. The number of hydrogen-bond acceptors (Lipinski definition) is 9. The molecule has 0 saturated carbocycles. The Balaban J connectivity index is 0.000000235. The molecule has 0 aliphatic carbocycles. The van der Waals surface area contributed by atoms with E-state index >= 15 is 0 Å². The Labute approximate surface area is 458 Å². The minimum Gasteiger partial charge on any atom is -0.497 e. The zero-order valence-corrected chi connectivity index (χ0v) is 45.2. The van der Waals surface area contributed by atoms with Crippen LogP contribution in [-0.2, 0) is 15.0 Å². The third kappa shape index (κ3) is 15.7. The summed E-state index contributed by atoms with van der Waals surface area (Å²) in [5.74, 6) is 1.37. The summed E-state index contributed by atoms with van der Waals surface area (Å²) in [4.78, 5) is 47.5. The largest absolute Gasteiger partial charge is 0.497 e. The minimum absolute atomic E-state index is 0.167. The van der Waals surface area contributed by atoms with Gasteiger partial charge in [0.15, 0.2) is 0 Å². The van der Waals surface area contributed by atoms with Gasteiger partial charge < -0.3 is 28.6 Å². The van der Waals surface area contributed by atoms with Crippen LogP contribution < -0.4 is 23.8 Å². The Hall–Kier alpha value is -9.60. The molecule has 78 heavy (non-hydrogen) atoms. The van der Waals surface area contributed by atoms with Crippen molar-refractivity contribution in [2.75, 3.05) is 12.0 Å². The van der Waals surface area contributed by atoms with E-state index < -0.39 is 0 Å². The second-order valence-corrected chi connectivity index (χ2v) is 19.1. The van der Waals surface area contributed by atoms with E-state index in [0.717, 1.165) is 56.2 Å². The number of ether oxygens (including phenoxy) is 4. The summed E-state index contributed by atoms with van der Waals surface area (Å²) in [7, 11) is 1.67. The fourth-order valence-corrected chi connectivity index (χ4v) is 8.22. The first-order valence-corrected chi connectivity index (χ1v) is 25.5. The topological polar surface area (TPSA) is 108 Å². The fourth-order valence-electron chi connectivity index (χ4n) is 8.22. The van der Waals surface area contributed by atoms with Gasteiger partial charge in [-0.3, -0.25) is 4.79 Å². The Morgan fingerprint density at radius 1 is 0.397 bits per heavy atom. The van der Waals surface area contributed by atoms with Crippen LogP contribution in [0.15, 0.2) is 231 Å². The molecule has 9 heteroatoms. The molecule has 392 valence electrons. The van der Waals surface area contributed by atoms with Gasteiger partial charge in [0, 0.05) is 29.4 Å². The quantitative estimate of drug-likeness (QED) is 0.0597. The zero-order chi connectivity index (χ0) is 55.6. The van der Waals surface area contributed by atoms with Gasteiger partial charge in [-0.2, -0.15) is 0 Å². The van der Waals surface area contributed by atoms with Crippen LogP contribution in [0.3, 0.4) is 0 Å². The number of anilines is 3. The highest BCUT2D eigenvalue weighted by Crippen LogP contribution is 2.37. The van der Waals surface area contributed by atoms with Gasteiger partial charge in [-0.1, -0.05) is 146 Å². The van der Waals surface area contributed by atoms with Gasteiger partial charge in [0.05, 0.1) is 18.2 Å². The third-order valence-electron chi connectivity index (χ3n) is 12.5. The van der Waals surface area contributed by atoms with Crippen molar-refractivity contribution in [3.63, 3.8) is 0 Å². The SMILES string of the molecule is CC(=O)Oc1ccc(C(C)(C)c2ccc(OC(=O)c3ccccc3)cc2)cc1.CC(C)=O.COc1ccc(/C(=C/c2ccc(N(c3ccc(C)cc3)c3ccc(C)cc3)cc2)c2ccc(OC(=O)c3ccccc3)cc2)cc1. The molecular formula is C69H63NO8. The maximum absolute atomic E-state index is 12.6. The lowest BCUT2D eigenvalue weighted by Gasteiger charge is -2.26. The van der Waals surface area contributed by atoms with E-state index in [4.69, 9.17) is 18.9 Å². The zero-order valence-electron chi connectivity index (χ0n) is 45.2. The highest BCUT2D eigenvalue weighted by atomic mass is 16.5. The summed E-state index contributed by atoms with van der Waals surface area (Å²) in [5.41, 5.74) is 12.8. The lowest BCUT2D eigenvalue weighted by molar-refractivity contribution is -0.131. The first-order chi connectivity index (χ1) is 37.6. The summed E-state index contributed by atoms with van der Waals surface area (Å²) in [6, 6.07) is 74.3. The maximum atomic E-state index is 12.6. The third-order valence-corrected chi connectivity index (χ3v) is 12.5. The molecule has 0 unspecified atom stereocenters. The van der Waals surface area contributed by atoms with Crippen LogP contribution >= 0.6 is 0 Å². The average Bonchev–Trinajstić information content (AvgIpc) is 3.45. The second-order valence-electron chi connectivity index (χ2n) is 19.1. The molecule has 0 aliphatic heterocycles. The van der Waals surface area contributed by atoms with Crippen molar-refractivity contribution in [3.8, 4) is 23.0 Å². The number of aryl methyl sites for hydroxylation is 2. The standard InChI is InChI=1S/C42H35NO3.C24H22O4.C3H6O/c1-30-9-19-36(20-10-30)43(37-21-11-31(2)12-22-37)38-23-13-32(14-24-38)29-41(33-15-25-39(45-3)26-16-33)34-17-27-40(28-18-34)46-42(44)35-7-5-4-6-8-35;1-17(25)27-21-13-9-19(10-14-21)24(2,3)20-11-15-22(16-12-20)28-23(26)18-7-5-4-6-8-18;1-3(2)4/h4-29H,1-3H3;4-16H,1-3H3;1-2H3/b41-29-;;. The van der Waals surface area contributed by atoms with Crippen LogP contribution in [0, 0.1) is 13.8 Å². The van der Waals surface area contributed by atoms with Gasteiger partial charge >= 0.3 is 17.9 Å². The van der Waals surface area contributed by atoms with E-state index in [0.29, 0.717) is 28.4 Å². The second kappa shape index (κ2) is 26.7. The van der Waals surface area contributed by atoms with Crippen molar-refractivity contribution in [1.82, 2.24) is 0 Å². The van der Waals surface area contributed by atoms with E-state index in [9.17, 15) is 19.2 Å². The average molecular weight is 1030 g/mol. The molecule has 0 bridgehead atoms. The van der Waals surface area contributed by atoms with Gasteiger partial charge in [-0.25, -0.2) is 9.59 Å². The Bertz CT molecular complexity index is 3380. The number of nitrogens with zero attached hydrogens (tertiary/aromatic N) is 1.